The van der Waals surface area contributed by atoms with Crippen molar-refractivity contribution >= 4 is 32.1 Å². The Balaban J connectivity index is 1.61. The van der Waals surface area contributed by atoms with Gasteiger partial charge in [-0.15, -0.1) is 0 Å². The quantitative estimate of drug-likeness (QED) is 0.333. The lowest BCUT2D eigenvalue weighted by Crippen LogP contribution is -2.19. The fourth-order valence-corrected chi connectivity index (χ4v) is 5.75. The highest BCUT2D eigenvalue weighted by atomic mass is 32.2. The molecule has 0 bridgehead atoms. The zero-order valence-electron chi connectivity index (χ0n) is 21.8. The number of nitrogens with zero attached hydrogens (tertiary/aromatic N) is 5. The maximum Gasteiger partial charge on any atom is 0.328 e. The highest BCUT2D eigenvalue weighted by Gasteiger charge is 2.21. The molecule has 3 heterocycles. The summed E-state index contributed by atoms with van der Waals surface area (Å²) in [6, 6.07) is 17.2. The first-order valence-corrected chi connectivity index (χ1v) is 13.8. The van der Waals surface area contributed by atoms with E-state index in [4.69, 9.17) is 4.98 Å². The number of sulfonamides is 1. The zero-order valence-corrected chi connectivity index (χ0v) is 22.6. The summed E-state index contributed by atoms with van der Waals surface area (Å²) in [5.41, 5.74) is 3.85. The number of fused-ring (bicyclic) bond motifs is 2. The topological polar surface area (TPSA) is 95.8 Å². The van der Waals surface area contributed by atoms with E-state index in [-0.39, 0.29) is 17.1 Å². The van der Waals surface area contributed by atoms with Crippen LogP contribution in [0.2, 0.25) is 0 Å². The lowest BCUT2D eigenvalue weighted by molar-refractivity contribution is 0.566. The van der Waals surface area contributed by atoms with Crippen molar-refractivity contribution in [3.05, 3.63) is 101 Å². The van der Waals surface area contributed by atoms with Crippen molar-refractivity contribution < 1.29 is 17.2 Å². The molecule has 0 saturated carbocycles. The van der Waals surface area contributed by atoms with Gasteiger partial charge in [-0.1, -0.05) is 6.07 Å². The van der Waals surface area contributed by atoms with Crippen molar-refractivity contribution in [1.29, 1.82) is 0 Å². The molecule has 0 spiro atoms. The molecule has 0 atom stereocenters. The van der Waals surface area contributed by atoms with E-state index in [9.17, 15) is 22.0 Å². The van der Waals surface area contributed by atoms with E-state index >= 15 is 0 Å². The third-order valence-corrected chi connectivity index (χ3v) is 8.55. The van der Waals surface area contributed by atoms with Gasteiger partial charge >= 0.3 is 5.69 Å². The van der Waals surface area contributed by atoms with E-state index in [0.29, 0.717) is 39.3 Å². The molecular weight excluding hydrogens is 538 g/mol. The van der Waals surface area contributed by atoms with Crippen molar-refractivity contribution in [3.63, 3.8) is 0 Å². The van der Waals surface area contributed by atoms with E-state index in [1.165, 1.54) is 29.8 Å². The van der Waals surface area contributed by atoms with E-state index in [0.717, 1.165) is 11.6 Å². The van der Waals surface area contributed by atoms with Crippen molar-refractivity contribution in [2.45, 2.75) is 11.4 Å². The molecule has 0 aliphatic carbocycles. The van der Waals surface area contributed by atoms with Crippen LogP contribution in [0.25, 0.3) is 39.3 Å². The number of rotatable bonds is 6. The third kappa shape index (κ3) is 4.03. The van der Waals surface area contributed by atoms with Crippen LogP contribution in [0.5, 0.6) is 0 Å². The third-order valence-electron chi connectivity index (χ3n) is 7.13. The Labute approximate surface area is 227 Å². The predicted molar refractivity (Wildman–Crippen MR) is 148 cm³/mol. The molecule has 6 rings (SSSR count). The Morgan fingerprint density at radius 1 is 0.900 bits per heavy atom. The molecule has 204 valence electrons. The molecule has 0 amide bonds. The fourth-order valence-electron chi connectivity index (χ4n) is 5.00. The normalized spacial score (nSPS) is 12.1. The summed E-state index contributed by atoms with van der Waals surface area (Å²) < 4.78 is 62.4. The second kappa shape index (κ2) is 9.28. The molecule has 6 aromatic rings. The molecule has 9 nitrogen and oxygen atoms in total. The Bertz CT molecular complexity index is 2120. The van der Waals surface area contributed by atoms with Gasteiger partial charge in [0.1, 0.15) is 11.6 Å². The number of imidazole rings is 2. The molecule has 3 aromatic heterocycles. The molecule has 0 aliphatic heterocycles. The number of hydrogen-bond donors (Lipinski definition) is 1. The summed E-state index contributed by atoms with van der Waals surface area (Å²) in [6.07, 6.45) is 1.77. The van der Waals surface area contributed by atoms with Crippen LogP contribution in [0, 0.1) is 11.6 Å². The Morgan fingerprint density at radius 2 is 1.68 bits per heavy atom. The molecule has 0 aliphatic rings. The van der Waals surface area contributed by atoms with Gasteiger partial charge in [0, 0.05) is 37.6 Å². The summed E-state index contributed by atoms with van der Waals surface area (Å²) in [6.45, 7) is 0.114. The first-order chi connectivity index (χ1) is 19.1. The smallest absolute Gasteiger partial charge is 0.328 e. The zero-order chi connectivity index (χ0) is 28.3. The maximum absolute atomic E-state index is 14.5. The summed E-state index contributed by atoms with van der Waals surface area (Å²) >= 11 is 0. The standard InChI is InChI=1S/C28H24F2N6O3S/c1-31-40(38,39)20-9-10-22-25(15-20)36(19-8-11-23-26(14-19)34(3)28(37)33(23)2)27(32-22)24-5-4-12-35(24)16-17-6-7-18(29)13-21(17)30/h4-15,31H,16H2,1-3H3. The monoisotopic (exact) mass is 562 g/mol. The van der Waals surface area contributed by atoms with E-state index in [2.05, 4.69) is 4.72 Å². The van der Waals surface area contributed by atoms with Gasteiger partial charge in [0.15, 0.2) is 5.82 Å². The molecule has 1 N–H and O–H groups in total. The van der Waals surface area contributed by atoms with Gasteiger partial charge in [-0.05, 0) is 61.6 Å². The van der Waals surface area contributed by atoms with Crippen LogP contribution in [0.1, 0.15) is 5.56 Å². The number of benzene rings is 3. The van der Waals surface area contributed by atoms with Gasteiger partial charge in [-0.2, -0.15) is 0 Å². The Kier molecular flexibility index (Phi) is 5.97. The lowest BCUT2D eigenvalue weighted by atomic mass is 10.2. The number of nitrogens with one attached hydrogen (secondary N) is 1. The van der Waals surface area contributed by atoms with E-state index < -0.39 is 21.7 Å². The van der Waals surface area contributed by atoms with Crippen molar-refractivity contribution in [2.75, 3.05) is 7.05 Å². The highest BCUT2D eigenvalue weighted by Crippen LogP contribution is 2.32. The average Bonchev–Trinajstić information content (AvgIpc) is 3.61. The van der Waals surface area contributed by atoms with Crippen LogP contribution in [0.3, 0.4) is 0 Å². The van der Waals surface area contributed by atoms with Crippen LogP contribution in [-0.2, 0) is 30.7 Å². The second-order valence-electron chi connectivity index (χ2n) is 9.46. The molecule has 3 aromatic carbocycles. The summed E-state index contributed by atoms with van der Waals surface area (Å²) in [5, 5.41) is 0. The van der Waals surface area contributed by atoms with Gasteiger partial charge in [0.25, 0.3) is 0 Å². The highest BCUT2D eigenvalue weighted by molar-refractivity contribution is 7.89. The molecule has 0 unspecified atom stereocenters. The molecule has 40 heavy (non-hydrogen) atoms. The molecule has 0 radical (unpaired) electrons. The summed E-state index contributed by atoms with van der Waals surface area (Å²) in [7, 11) is 0.965. The van der Waals surface area contributed by atoms with Crippen LogP contribution >= 0.6 is 0 Å². The number of aryl methyl sites for hydroxylation is 2. The number of aromatic nitrogens is 5. The largest absolute Gasteiger partial charge is 0.340 e. The minimum absolute atomic E-state index is 0.0622. The molecular formula is C28H24F2N6O3S. The Morgan fingerprint density at radius 3 is 2.42 bits per heavy atom. The second-order valence-corrected chi connectivity index (χ2v) is 11.3. The van der Waals surface area contributed by atoms with Gasteiger partial charge in [0.2, 0.25) is 10.0 Å². The van der Waals surface area contributed by atoms with Gasteiger partial charge in [0.05, 0.1) is 39.2 Å². The van der Waals surface area contributed by atoms with Gasteiger partial charge in [-0.25, -0.2) is 31.7 Å². The first kappa shape index (κ1) is 25.7. The number of halogens is 2. The molecule has 12 heteroatoms. The average molecular weight is 563 g/mol. The van der Waals surface area contributed by atoms with E-state index in [1.807, 2.05) is 28.8 Å². The van der Waals surface area contributed by atoms with Crippen LogP contribution < -0.4 is 10.4 Å². The van der Waals surface area contributed by atoms with Crippen molar-refractivity contribution in [3.8, 4) is 17.2 Å². The number of hydrogen-bond acceptors (Lipinski definition) is 4. The van der Waals surface area contributed by atoms with Crippen LogP contribution in [0.15, 0.2) is 82.6 Å². The summed E-state index contributed by atoms with van der Waals surface area (Å²) in [5.74, 6) is -0.846. The van der Waals surface area contributed by atoms with E-state index in [1.54, 1.807) is 47.6 Å². The fraction of sp³-hybridized carbons (Fsp3) is 0.143. The molecule has 0 fully saturated rings. The van der Waals surface area contributed by atoms with Gasteiger partial charge in [-0.3, -0.25) is 13.7 Å². The van der Waals surface area contributed by atoms with Crippen molar-refractivity contribution in [2.24, 2.45) is 14.1 Å². The lowest BCUT2D eigenvalue weighted by Gasteiger charge is -2.14. The minimum atomic E-state index is -3.75. The molecule has 0 saturated heterocycles. The SMILES string of the molecule is CNS(=O)(=O)c1ccc2nc(-c3cccn3Cc3ccc(F)cc3F)n(-c3ccc4c(c3)n(C)c(=O)n4C)c2c1. The van der Waals surface area contributed by atoms with Gasteiger partial charge < -0.3 is 4.57 Å². The Hall–Kier alpha value is -4.55. The minimum Gasteiger partial charge on any atom is -0.340 e. The predicted octanol–water partition coefficient (Wildman–Crippen LogP) is 3.92. The first-order valence-electron chi connectivity index (χ1n) is 12.3. The van der Waals surface area contributed by atoms with Crippen molar-refractivity contribution in [1.82, 2.24) is 28.0 Å². The van der Waals surface area contributed by atoms with Crippen LogP contribution in [0.4, 0.5) is 8.78 Å². The summed E-state index contributed by atoms with van der Waals surface area (Å²) in [4.78, 5) is 17.5. The van der Waals surface area contributed by atoms with Crippen LogP contribution in [-0.4, -0.2) is 38.7 Å². The maximum atomic E-state index is 14.5.